The van der Waals surface area contributed by atoms with Gasteiger partial charge < -0.3 is 19.1 Å². The van der Waals surface area contributed by atoms with Crippen LogP contribution in [0.2, 0.25) is 0 Å². The normalized spacial score (nSPS) is 24.1. The van der Waals surface area contributed by atoms with Gasteiger partial charge in [0.05, 0.1) is 43.8 Å². The van der Waals surface area contributed by atoms with Gasteiger partial charge in [0.2, 0.25) is 5.91 Å². The summed E-state index contributed by atoms with van der Waals surface area (Å²) in [6, 6.07) is 0. The smallest absolute Gasteiger partial charge is 0.222 e. The van der Waals surface area contributed by atoms with E-state index in [-0.39, 0.29) is 17.6 Å². The molecule has 156 valence electrons. The molecule has 1 atom stereocenters. The monoisotopic (exact) mass is 392 g/mol. The van der Waals surface area contributed by atoms with Gasteiger partial charge in [-0.15, -0.1) is 5.10 Å². The summed E-state index contributed by atoms with van der Waals surface area (Å²) in [5, 5.41) is 8.66. The van der Waals surface area contributed by atoms with E-state index in [1.54, 1.807) is 0 Å². The Balaban J connectivity index is 1.29. The molecule has 28 heavy (non-hydrogen) atoms. The maximum absolute atomic E-state index is 12.3. The van der Waals surface area contributed by atoms with Crippen molar-refractivity contribution in [1.29, 1.82) is 0 Å². The lowest BCUT2D eigenvalue weighted by molar-refractivity contribution is -0.146. The molecule has 1 amide bonds. The summed E-state index contributed by atoms with van der Waals surface area (Å²) in [6.45, 7) is 8.79. The Bertz CT molecular complexity index is 676. The van der Waals surface area contributed by atoms with E-state index >= 15 is 0 Å². The first kappa shape index (κ1) is 19.8. The average Bonchev–Trinajstić information content (AvgIpc) is 3.32. The number of carbonyl (C=O) groups is 1. The molecule has 0 bridgehead atoms. The fraction of sp³-hybridized carbons (Fsp3) is 0.850. The Kier molecular flexibility index (Phi) is 5.99. The number of rotatable bonds is 6. The van der Waals surface area contributed by atoms with E-state index in [1.807, 2.05) is 9.58 Å². The molecule has 0 saturated carbocycles. The zero-order valence-electron chi connectivity index (χ0n) is 17.1. The van der Waals surface area contributed by atoms with Crippen LogP contribution in [-0.2, 0) is 38.8 Å². The molecule has 0 aliphatic carbocycles. The average molecular weight is 393 g/mol. The van der Waals surface area contributed by atoms with Gasteiger partial charge in [0.1, 0.15) is 5.69 Å². The first-order valence-corrected chi connectivity index (χ1v) is 10.6. The van der Waals surface area contributed by atoms with Crippen LogP contribution in [0.5, 0.6) is 0 Å². The Morgan fingerprint density at radius 1 is 1.36 bits per heavy atom. The molecule has 4 heterocycles. The molecule has 0 aromatic carbocycles. The molecule has 1 unspecified atom stereocenters. The minimum absolute atomic E-state index is 0.217. The molecule has 0 N–H and O–H groups in total. The lowest BCUT2D eigenvalue weighted by Gasteiger charge is -2.43. The van der Waals surface area contributed by atoms with Crippen molar-refractivity contribution in [3.8, 4) is 0 Å². The third-order valence-corrected chi connectivity index (χ3v) is 6.05. The predicted octanol–water partition coefficient (Wildman–Crippen LogP) is 1.91. The number of aromatic nitrogens is 3. The highest BCUT2D eigenvalue weighted by atomic mass is 16.5. The van der Waals surface area contributed by atoms with Crippen LogP contribution < -0.4 is 0 Å². The molecule has 0 radical (unpaired) electrons. The maximum atomic E-state index is 12.3. The third-order valence-electron chi connectivity index (χ3n) is 6.05. The second-order valence-corrected chi connectivity index (χ2v) is 8.74. The zero-order valence-corrected chi connectivity index (χ0v) is 17.1. The van der Waals surface area contributed by atoms with Gasteiger partial charge in [-0.2, -0.15) is 0 Å². The van der Waals surface area contributed by atoms with E-state index in [1.165, 1.54) is 0 Å². The summed E-state index contributed by atoms with van der Waals surface area (Å²) < 4.78 is 19.7. The van der Waals surface area contributed by atoms with Gasteiger partial charge in [-0.25, -0.2) is 4.68 Å². The van der Waals surface area contributed by atoms with Crippen LogP contribution in [0.25, 0.3) is 0 Å². The van der Waals surface area contributed by atoms with Crippen molar-refractivity contribution in [2.75, 3.05) is 26.3 Å². The first-order valence-electron chi connectivity index (χ1n) is 10.6. The summed E-state index contributed by atoms with van der Waals surface area (Å²) in [4.78, 5) is 14.3. The molecule has 8 heteroatoms. The second-order valence-electron chi connectivity index (χ2n) is 8.74. The van der Waals surface area contributed by atoms with Crippen molar-refractivity contribution in [2.45, 2.75) is 77.4 Å². The van der Waals surface area contributed by atoms with Gasteiger partial charge in [-0.1, -0.05) is 19.1 Å². The standard InChI is InChI=1S/C20H32N4O4/c1-15(2)10-19(25)23-7-5-20(6-8-23)14-24-18(13-28-20)17(21-22-24)12-26-11-16-4-3-9-27-16/h15-16H,3-14H2,1-2H3. The number of hydrogen-bond donors (Lipinski definition) is 0. The van der Waals surface area contributed by atoms with Gasteiger partial charge in [0.15, 0.2) is 0 Å². The van der Waals surface area contributed by atoms with Crippen LogP contribution in [0.1, 0.15) is 57.3 Å². The predicted molar refractivity (Wildman–Crippen MR) is 101 cm³/mol. The molecule has 3 aliphatic heterocycles. The molecule has 1 spiro atoms. The van der Waals surface area contributed by atoms with Gasteiger partial charge >= 0.3 is 0 Å². The molecular weight excluding hydrogens is 360 g/mol. The van der Waals surface area contributed by atoms with Crippen LogP contribution in [0.15, 0.2) is 0 Å². The number of ether oxygens (including phenoxy) is 3. The first-order chi connectivity index (χ1) is 13.5. The Morgan fingerprint density at radius 2 is 2.18 bits per heavy atom. The largest absolute Gasteiger partial charge is 0.376 e. The number of amides is 1. The highest BCUT2D eigenvalue weighted by Gasteiger charge is 2.41. The van der Waals surface area contributed by atoms with Crippen LogP contribution >= 0.6 is 0 Å². The lowest BCUT2D eigenvalue weighted by atomic mass is 9.89. The number of carbonyl (C=O) groups excluding carboxylic acids is 1. The number of hydrogen-bond acceptors (Lipinski definition) is 6. The van der Waals surface area contributed by atoms with E-state index in [0.717, 1.165) is 56.8 Å². The number of nitrogens with zero attached hydrogens (tertiary/aromatic N) is 4. The van der Waals surface area contributed by atoms with Crippen molar-refractivity contribution in [2.24, 2.45) is 5.92 Å². The van der Waals surface area contributed by atoms with Gasteiger partial charge in [0, 0.05) is 26.1 Å². The highest BCUT2D eigenvalue weighted by molar-refractivity contribution is 5.76. The number of likely N-dealkylation sites (tertiary alicyclic amines) is 1. The summed E-state index contributed by atoms with van der Waals surface area (Å²) in [5.74, 6) is 0.653. The minimum atomic E-state index is -0.231. The van der Waals surface area contributed by atoms with Crippen molar-refractivity contribution in [3.05, 3.63) is 11.4 Å². The van der Waals surface area contributed by atoms with E-state index in [9.17, 15) is 4.79 Å². The maximum Gasteiger partial charge on any atom is 0.222 e. The minimum Gasteiger partial charge on any atom is -0.376 e. The Hall–Kier alpha value is -1.51. The quantitative estimate of drug-likeness (QED) is 0.736. The zero-order chi connectivity index (χ0) is 19.6. The highest BCUT2D eigenvalue weighted by Crippen LogP contribution is 2.34. The van der Waals surface area contributed by atoms with E-state index in [2.05, 4.69) is 24.2 Å². The van der Waals surface area contributed by atoms with Crippen LogP contribution in [-0.4, -0.2) is 63.8 Å². The topological polar surface area (TPSA) is 78.7 Å². The van der Waals surface area contributed by atoms with Crippen LogP contribution in [0, 0.1) is 5.92 Å². The van der Waals surface area contributed by atoms with Crippen molar-refractivity contribution >= 4 is 5.91 Å². The van der Waals surface area contributed by atoms with Gasteiger partial charge in [-0.3, -0.25) is 4.79 Å². The Morgan fingerprint density at radius 3 is 2.89 bits per heavy atom. The summed E-state index contributed by atoms with van der Waals surface area (Å²) in [5.41, 5.74) is 1.64. The van der Waals surface area contributed by atoms with Crippen LogP contribution in [0.4, 0.5) is 0 Å². The molecular formula is C20H32N4O4. The van der Waals surface area contributed by atoms with Gasteiger partial charge in [0.25, 0.3) is 0 Å². The summed E-state index contributed by atoms with van der Waals surface area (Å²) in [7, 11) is 0. The molecule has 1 aromatic rings. The number of piperidine rings is 1. The SMILES string of the molecule is CC(C)CC(=O)N1CCC2(CC1)Cn1nnc(COCC3CCCO3)c1CO2. The van der Waals surface area contributed by atoms with Crippen LogP contribution in [0.3, 0.4) is 0 Å². The van der Waals surface area contributed by atoms with Gasteiger partial charge in [-0.05, 0) is 31.6 Å². The van der Waals surface area contributed by atoms with Crippen molar-refractivity contribution in [1.82, 2.24) is 19.9 Å². The molecule has 2 fully saturated rings. The van der Waals surface area contributed by atoms with Crippen molar-refractivity contribution < 1.29 is 19.0 Å². The molecule has 3 aliphatic rings. The molecule has 8 nitrogen and oxygen atoms in total. The third kappa shape index (κ3) is 4.39. The molecule has 2 saturated heterocycles. The van der Waals surface area contributed by atoms with E-state index < -0.39 is 0 Å². The number of fused-ring (bicyclic) bond motifs is 1. The second kappa shape index (κ2) is 8.47. The summed E-state index contributed by atoms with van der Waals surface area (Å²) in [6.07, 6.45) is 4.72. The molecule has 4 rings (SSSR count). The lowest BCUT2D eigenvalue weighted by Crippen LogP contribution is -2.52. The summed E-state index contributed by atoms with van der Waals surface area (Å²) >= 11 is 0. The Labute approximate surface area is 166 Å². The van der Waals surface area contributed by atoms with E-state index in [0.29, 0.717) is 38.7 Å². The fourth-order valence-electron chi connectivity index (χ4n) is 4.31. The molecule has 1 aromatic heterocycles. The fourth-order valence-corrected chi connectivity index (χ4v) is 4.31. The van der Waals surface area contributed by atoms with E-state index in [4.69, 9.17) is 14.2 Å². The van der Waals surface area contributed by atoms with Crippen molar-refractivity contribution in [3.63, 3.8) is 0 Å².